The second kappa shape index (κ2) is 5.37. The largest absolute Gasteiger partial charge is 0.416 e. The number of thioether (sulfide) groups is 1. The average molecular weight is 309 g/mol. The summed E-state index contributed by atoms with van der Waals surface area (Å²) in [4.78, 5) is 11.4. The minimum atomic E-state index is -4.40. The van der Waals surface area contributed by atoms with Gasteiger partial charge >= 0.3 is 6.18 Å². The minimum Gasteiger partial charge on any atom is -0.298 e. The monoisotopic (exact) mass is 308 g/mol. The Labute approximate surface area is 118 Å². The highest BCUT2D eigenvalue weighted by Crippen LogP contribution is 2.36. The summed E-state index contributed by atoms with van der Waals surface area (Å²) in [5, 5.41) is 0.0560. The van der Waals surface area contributed by atoms with Gasteiger partial charge in [0.15, 0.2) is 0 Å². The first kappa shape index (κ1) is 14.7. The van der Waals surface area contributed by atoms with E-state index in [-0.39, 0.29) is 21.3 Å². The molecular weight excluding hydrogens is 297 g/mol. The molecule has 0 aliphatic carbocycles. The van der Waals surface area contributed by atoms with Gasteiger partial charge in [0.05, 0.1) is 10.8 Å². The van der Waals surface area contributed by atoms with E-state index in [9.17, 15) is 18.0 Å². The van der Waals surface area contributed by atoms with Crippen LogP contribution in [0.25, 0.3) is 0 Å². The number of alkyl halides is 3. The van der Waals surface area contributed by atoms with Crippen molar-refractivity contribution < 1.29 is 18.0 Å². The highest BCUT2D eigenvalue weighted by Gasteiger charge is 2.33. The van der Waals surface area contributed by atoms with Gasteiger partial charge in [-0.25, -0.2) is 0 Å². The molecule has 19 heavy (non-hydrogen) atoms. The summed E-state index contributed by atoms with van der Waals surface area (Å²) in [7, 11) is 0. The Bertz CT molecular complexity index is 501. The normalized spacial score (nSPS) is 23.9. The predicted octanol–water partition coefficient (Wildman–Crippen LogP) is 4.36. The molecule has 1 saturated heterocycles. The number of carbonyl (C=O) groups excluding carboxylic acids is 1. The molecule has 1 fully saturated rings. The highest BCUT2D eigenvalue weighted by molar-refractivity contribution is 8.01. The fraction of sp³-hybridized carbons (Fsp3) is 0.462. The summed E-state index contributed by atoms with van der Waals surface area (Å²) < 4.78 is 38.0. The molecular formula is C13H12ClF3OS. The van der Waals surface area contributed by atoms with Crippen molar-refractivity contribution in [3.8, 4) is 0 Å². The fourth-order valence-electron chi connectivity index (χ4n) is 2.12. The number of hydrogen-bond donors (Lipinski definition) is 0. The van der Waals surface area contributed by atoms with Crippen LogP contribution in [0.4, 0.5) is 13.2 Å². The molecule has 0 radical (unpaired) electrons. The number of benzene rings is 1. The molecule has 1 aliphatic heterocycles. The molecule has 0 spiro atoms. The zero-order valence-electron chi connectivity index (χ0n) is 10.1. The van der Waals surface area contributed by atoms with Crippen molar-refractivity contribution in [3.63, 3.8) is 0 Å². The molecule has 2 unspecified atom stereocenters. The summed E-state index contributed by atoms with van der Waals surface area (Å²) >= 11 is 7.24. The van der Waals surface area contributed by atoms with Gasteiger partial charge in [-0.05, 0) is 37.1 Å². The van der Waals surface area contributed by atoms with Gasteiger partial charge in [-0.15, -0.1) is 11.8 Å². The predicted molar refractivity (Wildman–Crippen MR) is 70.6 cm³/mol. The number of hydrogen-bond acceptors (Lipinski definition) is 2. The van der Waals surface area contributed by atoms with Crippen LogP contribution in [0.3, 0.4) is 0 Å². The molecule has 0 N–H and O–H groups in total. The van der Waals surface area contributed by atoms with Gasteiger partial charge in [-0.2, -0.15) is 13.2 Å². The van der Waals surface area contributed by atoms with E-state index >= 15 is 0 Å². The molecule has 6 heteroatoms. The van der Waals surface area contributed by atoms with Crippen molar-refractivity contribution in [1.29, 1.82) is 0 Å². The molecule has 1 nitrogen and oxygen atoms in total. The Kier molecular flexibility index (Phi) is 4.16. The van der Waals surface area contributed by atoms with Crippen LogP contribution in [-0.4, -0.2) is 16.3 Å². The lowest BCUT2D eigenvalue weighted by atomic mass is 10.0. The Hall–Kier alpha value is -0.680. The first-order valence-electron chi connectivity index (χ1n) is 5.80. The van der Waals surface area contributed by atoms with Crippen LogP contribution in [0.5, 0.6) is 0 Å². The fourth-order valence-corrected chi connectivity index (χ4v) is 3.75. The quantitative estimate of drug-likeness (QED) is 0.807. The zero-order chi connectivity index (χ0) is 14.2. The highest BCUT2D eigenvalue weighted by atomic mass is 35.5. The third-order valence-corrected chi connectivity index (χ3v) is 4.63. The molecule has 0 aromatic heterocycles. The molecule has 0 saturated carbocycles. The SMILES string of the molecule is CC1SC(Cc2cc(Cl)cc(C(F)(F)F)c2)CC1=O. The molecule has 1 aliphatic rings. The van der Waals surface area contributed by atoms with Gasteiger partial charge in [-0.1, -0.05) is 11.6 Å². The van der Waals surface area contributed by atoms with Gasteiger partial charge in [-0.3, -0.25) is 4.79 Å². The molecule has 2 atom stereocenters. The van der Waals surface area contributed by atoms with E-state index in [0.717, 1.165) is 12.1 Å². The van der Waals surface area contributed by atoms with E-state index in [4.69, 9.17) is 11.6 Å². The van der Waals surface area contributed by atoms with E-state index in [0.29, 0.717) is 18.4 Å². The Morgan fingerprint density at radius 3 is 2.58 bits per heavy atom. The van der Waals surface area contributed by atoms with Crippen molar-refractivity contribution in [2.75, 3.05) is 0 Å². The van der Waals surface area contributed by atoms with Crippen molar-refractivity contribution in [1.82, 2.24) is 0 Å². The lowest BCUT2D eigenvalue weighted by molar-refractivity contribution is -0.137. The third-order valence-electron chi connectivity index (χ3n) is 3.03. The van der Waals surface area contributed by atoms with E-state index < -0.39 is 11.7 Å². The van der Waals surface area contributed by atoms with Crippen molar-refractivity contribution in [3.05, 3.63) is 34.3 Å². The van der Waals surface area contributed by atoms with Crippen molar-refractivity contribution >= 4 is 29.1 Å². The van der Waals surface area contributed by atoms with Gasteiger partial charge in [0, 0.05) is 16.7 Å². The molecule has 1 aromatic rings. The lowest BCUT2D eigenvalue weighted by Gasteiger charge is -2.12. The van der Waals surface area contributed by atoms with Crippen LogP contribution >= 0.6 is 23.4 Å². The summed E-state index contributed by atoms with van der Waals surface area (Å²) in [5.74, 6) is 0.160. The summed E-state index contributed by atoms with van der Waals surface area (Å²) in [6, 6.07) is 3.56. The van der Waals surface area contributed by atoms with Crippen molar-refractivity contribution in [2.45, 2.75) is 36.4 Å². The molecule has 1 aromatic carbocycles. The van der Waals surface area contributed by atoms with E-state index in [1.165, 1.54) is 17.8 Å². The third kappa shape index (κ3) is 3.66. The van der Waals surface area contributed by atoms with Crippen LogP contribution in [0.2, 0.25) is 5.02 Å². The van der Waals surface area contributed by atoms with Gasteiger partial charge < -0.3 is 0 Å². The second-order valence-electron chi connectivity index (χ2n) is 4.62. The molecule has 0 amide bonds. The van der Waals surface area contributed by atoms with E-state index in [1.807, 2.05) is 6.92 Å². The number of ketones is 1. The standard InChI is InChI=1S/C13H12ClF3OS/c1-7-12(18)6-11(19-7)4-8-2-9(13(15,16)17)5-10(14)3-8/h2-3,5,7,11H,4,6H2,1H3. The van der Waals surface area contributed by atoms with Gasteiger partial charge in [0.1, 0.15) is 5.78 Å². The average Bonchev–Trinajstić information content (AvgIpc) is 2.55. The maximum Gasteiger partial charge on any atom is 0.416 e. The Morgan fingerprint density at radius 2 is 2.05 bits per heavy atom. The first-order valence-corrected chi connectivity index (χ1v) is 7.12. The van der Waals surface area contributed by atoms with Gasteiger partial charge in [0.25, 0.3) is 0 Å². The number of rotatable bonds is 2. The number of carbonyl (C=O) groups is 1. The summed E-state index contributed by atoms with van der Waals surface area (Å²) in [6.45, 7) is 1.83. The summed E-state index contributed by atoms with van der Waals surface area (Å²) in [5.41, 5.74) is -0.211. The number of halogens is 4. The van der Waals surface area contributed by atoms with Crippen molar-refractivity contribution in [2.24, 2.45) is 0 Å². The molecule has 0 bridgehead atoms. The smallest absolute Gasteiger partial charge is 0.298 e. The maximum atomic E-state index is 12.7. The Balaban J connectivity index is 2.17. The number of Topliss-reactive ketones (excluding diaryl/α,β-unsaturated/α-hetero) is 1. The van der Waals surface area contributed by atoms with Crippen LogP contribution < -0.4 is 0 Å². The topological polar surface area (TPSA) is 17.1 Å². The minimum absolute atomic E-state index is 0.0436. The molecule has 104 valence electrons. The van der Waals surface area contributed by atoms with Crippen LogP contribution in [0, 0.1) is 0 Å². The molecule has 2 rings (SSSR count). The van der Waals surface area contributed by atoms with Gasteiger partial charge in [0.2, 0.25) is 0 Å². The van der Waals surface area contributed by atoms with Crippen LogP contribution in [-0.2, 0) is 17.4 Å². The maximum absolute atomic E-state index is 12.7. The molecule has 1 heterocycles. The lowest BCUT2D eigenvalue weighted by Crippen LogP contribution is -2.08. The second-order valence-corrected chi connectivity index (χ2v) is 6.70. The Morgan fingerprint density at radius 1 is 1.37 bits per heavy atom. The zero-order valence-corrected chi connectivity index (χ0v) is 11.7. The first-order chi connectivity index (χ1) is 8.75. The van der Waals surface area contributed by atoms with E-state index in [2.05, 4.69) is 0 Å². The van der Waals surface area contributed by atoms with Crippen LogP contribution in [0.15, 0.2) is 18.2 Å². The summed E-state index contributed by atoms with van der Waals surface area (Å²) in [6.07, 6.45) is -3.55. The van der Waals surface area contributed by atoms with E-state index in [1.54, 1.807) is 0 Å². The van der Waals surface area contributed by atoms with Crippen LogP contribution in [0.1, 0.15) is 24.5 Å².